The number of fused-ring (bicyclic) bond motifs is 1. The van der Waals surface area contributed by atoms with Crippen molar-refractivity contribution in [2.45, 2.75) is 13.1 Å². The first kappa shape index (κ1) is 27.6. The third kappa shape index (κ3) is 7.16. The molecule has 5 rings (SSSR count). The Labute approximate surface area is 247 Å². The zero-order valence-corrected chi connectivity index (χ0v) is 24.5. The molecule has 10 heteroatoms. The second-order valence-corrected chi connectivity index (χ2v) is 11.2. The minimum atomic E-state index is -0.374. The molecule has 1 saturated heterocycles. The summed E-state index contributed by atoms with van der Waals surface area (Å²) in [6, 6.07) is 23.2. The van der Waals surface area contributed by atoms with Gasteiger partial charge in [-0.1, -0.05) is 66.2 Å². The maximum atomic E-state index is 12.7. The number of hydrogen-bond acceptors (Lipinski definition) is 7. The van der Waals surface area contributed by atoms with E-state index in [1.54, 1.807) is 0 Å². The Balaban J connectivity index is 1.07. The van der Waals surface area contributed by atoms with Gasteiger partial charge < -0.3 is 16.4 Å². The Morgan fingerprint density at radius 3 is 2.46 bits per heavy atom. The third-order valence-corrected chi connectivity index (χ3v) is 7.90. The minimum absolute atomic E-state index is 0.0414. The van der Waals surface area contributed by atoms with Gasteiger partial charge in [-0.05, 0) is 56.6 Å². The number of benzene rings is 3. The van der Waals surface area contributed by atoms with Crippen LogP contribution >= 0.6 is 34.2 Å². The average molecular weight is 656 g/mol. The highest BCUT2D eigenvalue weighted by Gasteiger charge is 2.20. The number of amides is 1. The Morgan fingerprint density at radius 2 is 1.67 bits per heavy atom. The first-order valence-electron chi connectivity index (χ1n) is 13.0. The molecule has 4 aromatic rings. The van der Waals surface area contributed by atoms with Gasteiger partial charge in [0, 0.05) is 55.9 Å². The number of halogens is 2. The number of hydrogen-bond donors (Lipinski definition) is 3. The maximum Gasteiger partial charge on any atom is 0.273 e. The molecule has 8 nitrogen and oxygen atoms in total. The quantitative estimate of drug-likeness (QED) is 0.226. The van der Waals surface area contributed by atoms with E-state index in [2.05, 4.69) is 95.5 Å². The van der Waals surface area contributed by atoms with E-state index in [4.69, 9.17) is 17.3 Å². The lowest BCUT2D eigenvalue weighted by Crippen LogP contribution is -2.48. The second-order valence-electron chi connectivity index (χ2n) is 9.59. The molecule has 1 aliphatic heterocycles. The van der Waals surface area contributed by atoms with Crippen LogP contribution in [-0.2, 0) is 13.1 Å². The van der Waals surface area contributed by atoms with Crippen molar-refractivity contribution in [1.29, 1.82) is 0 Å². The van der Waals surface area contributed by atoms with Crippen LogP contribution < -0.4 is 16.4 Å². The van der Waals surface area contributed by atoms with Crippen LogP contribution in [0, 0.1) is 3.57 Å². The topological polar surface area (TPSA) is 99.4 Å². The van der Waals surface area contributed by atoms with E-state index in [1.165, 1.54) is 16.3 Å². The SMILES string of the molecule is Nc1nc(NCc2ccc(I)cc2)c(Cl)nc1C(=O)NCCN1CCN(Cc2cccc3ccccc23)CC1. The van der Waals surface area contributed by atoms with Crippen LogP contribution in [0.5, 0.6) is 0 Å². The number of piperazine rings is 1. The van der Waals surface area contributed by atoms with Crippen LogP contribution in [0.4, 0.5) is 11.6 Å². The largest absolute Gasteiger partial charge is 0.382 e. The fourth-order valence-electron chi connectivity index (χ4n) is 4.75. The molecule has 0 atom stereocenters. The normalized spacial score (nSPS) is 14.4. The van der Waals surface area contributed by atoms with Gasteiger partial charge in [-0.3, -0.25) is 14.6 Å². The van der Waals surface area contributed by atoms with E-state index < -0.39 is 0 Å². The van der Waals surface area contributed by atoms with Crippen molar-refractivity contribution in [2.24, 2.45) is 0 Å². The van der Waals surface area contributed by atoms with Crippen molar-refractivity contribution in [2.75, 3.05) is 50.3 Å². The van der Waals surface area contributed by atoms with Crippen molar-refractivity contribution in [3.05, 3.63) is 92.3 Å². The van der Waals surface area contributed by atoms with Crippen LogP contribution in [-0.4, -0.2) is 64.9 Å². The molecular formula is C29H31ClIN7O. The van der Waals surface area contributed by atoms with Gasteiger partial charge in [0.05, 0.1) is 0 Å². The number of nitrogens with one attached hydrogen (secondary N) is 2. The molecule has 4 N–H and O–H groups in total. The number of nitrogens with zero attached hydrogens (tertiary/aromatic N) is 4. The van der Waals surface area contributed by atoms with Gasteiger partial charge in [-0.2, -0.15) is 0 Å². The van der Waals surface area contributed by atoms with Gasteiger partial charge in [-0.25, -0.2) is 9.97 Å². The Hall–Kier alpha value is -2.99. The first-order valence-corrected chi connectivity index (χ1v) is 14.4. The lowest BCUT2D eigenvalue weighted by atomic mass is 10.0. The molecule has 1 aromatic heterocycles. The standard InChI is InChI=1S/C29H31ClIN7O/c30-26-28(34-18-20-8-10-23(31)11-9-20)36-27(32)25(35-26)29(39)33-12-13-37-14-16-38(17-15-37)19-22-6-3-5-21-4-1-2-7-24(21)22/h1-11H,12-19H2,(H,33,39)(H3,32,34,36). The molecule has 0 radical (unpaired) electrons. The third-order valence-electron chi connectivity index (χ3n) is 6.92. The van der Waals surface area contributed by atoms with Crippen molar-refractivity contribution in [3.8, 4) is 0 Å². The van der Waals surface area contributed by atoms with Gasteiger partial charge in [0.2, 0.25) is 0 Å². The van der Waals surface area contributed by atoms with Crippen LogP contribution in [0.15, 0.2) is 66.7 Å². The van der Waals surface area contributed by atoms with Crippen molar-refractivity contribution in [1.82, 2.24) is 25.1 Å². The molecule has 0 spiro atoms. The highest BCUT2D eigenvalue weighted by atomic mass is 127. The van der Waals surface area contributed by atoms with E-state index >= 15 is 0 Å². The molecule has 3 aromatic carbocycles. The summed E-state index contributed by atoms with van der Waals surface area (Å²) in [5.41, 5.74) is 8.53. The van der Waals surface area contributed by atoms with E-state index in [0.717, 1.165) is 48.4 Å². The molecule has 0 aliphatic carbocycles. The zero-order valence-electron chi connectivity index (χ0n) is 21.5. The van der Waals surface area contributed by atoms with Gasteiger partial charge >= 0.3 is 0 Å². The van der Waals surface area contributed by atoms with E-state index in [1.807, 2.05) is 24.3 Å². The predicted octanol–water partition coefficient (Wildman–Crippen LogP) is 4.63. The van der Waals surface area contributed by atoms with Gasteiger partial charge in [-0.15, -0.1) is 0 Å². The molecule has 1 amide bonds. The summed E-state index contributed by atoms with van der Waals surface area (Å²) in [6.07, 6.45) is 0. The summed E-state index contributed by atoms with van der Waals surface area (Å²) in [4.78, 5) is 26.1. The number of nitrogen functional groups attached to an aromatic ring is 1. The Bertz CT molecular complexity index is 1440. The van der Waals surface area contributed by atoms with Crippen molar-refractivity contribution in [3.63, 3.8) is 0 Å². The van der Waals surface area contributed by atoms with E-state index in [0.29, 0.717) is 18.9 Å². The number of nitrogens with two attached hydrogens (primary N) is 1. The summed E-state index contributed by atoms with van der Waals surface area (Å²) in [5.74, 6) is 0.0235. The monoisotopic (exact) mass is 655 g/mol. The minimum Gasteiger partial charge on any atom is -0.382 e. The van der Waals surface area contributed by atoms with Gasteiger partial charge in [0.15, 0.2) is 22.5 Å². The lowest BCUT2D eigenvalue weighted by molar-refractivity contribution is 0.0930. The fourth-order valence-corrected chi connectivity index (χ4v) is 5.30. The van der Waals surface area contributed by atoms with Crippen LogP contribution in [0.25, 0.3) is 10.8 Å². The zero-order chi connectivity index (χ0) is 27.2. The Kier molecular flexibility index (Phi) is 9.13. The first-order chi connectivity index (χ1) is 19.0. The van der Waals surface area contributed by atoms with E-state index in [-0.39, 0.29) is 22.6 Å². The molecule has 202 valence electrons. The summed E-state index contributed by atoms with van der Waals surface area (Å²) in [6.45, 7) is 6.60. The number of aromatic nitrogens is 2. The number of anilines is 2. The molecule has 1 fully saturated rings. The molecular weight excluding hydrogens is 625 g/mol. The van der Waals surface area contributed by atoms with Gasteiger partial charge in [0.25, 0.3) is 5.91 Å². The molecule has 0 saturated carbocycles. The Morgan fingerprint density at radius 1 is 0.949 bits per heavy atom. The van der Waals surface area contributed by atoms with Crippen molar-refractivity contribution >= 4 is 62.5 Å². The summed E-state index contributed by atoms with van der Waals surface area (Å²) >= 11 is 8.57. The number of rotatable bonds is 9. The molecule has 0 unspecified atom stereocenters. The summed E-state index contributed by atoms with van der Waals surface area (Å²) < 4.78 is 1.16. The predicted molar refractivity (Wildman–Crippen MR) is 166 cm³/mol. The van der Waals surface area contributed by atoms with Crippen molar-refractivity contribution < 1.29 is 4.79 Å². The molecule has 0 bridgehead atoms. The summed E-state index contributed by atoms with van der Waals surface area (Å²) in [5, 5.41) is 8.77. The lowest BCUT2D eigenvalue weighted by Gasteiger charge is -2.34. The fraction of sp³-hybridized carbons (Fsp3) is 0.276. The average Bonchev–Trinajstić information content (AvgIpc) is 2.95. The molecule has 2 heterocycles. The highest BCUT2D eigenvalue weighted by molar-refractivity contribution is 14.1. The van der Waals surface area contributed by atoms with Gasteiger partial charge in [0.1, 0.15) is 0 Å². The number of carbonyl (C=O) groups excluding carboxylic acids is 1. The van der Waals surface area contributed by atoms with Crippen LogP contribution in [0.1, 0.15) is 21.6 Å². The second kappa shape index (κ2) is 12.9. The molecule has 1 aliphatic rings. The number of carbonyl (C=O) groups is 1. The molecule has 39 heavy (non-hydrogen) atoms. The smallest absolute Gasteiger partial charge is 0.273 e. The summed E-state index contributed by atoms with van der Waals surface area (Å²) in [7, 11) is 0. The highest BCUT2D eigenvalue weighted by Crippen LogP contribution is 2.22. The van der Waals surface area contributed by atoms with Crippen LogP contribution in [0.2, 0.25) is 5.15 Å². The van der Waals surface area contributed by atoms with E-state index in [9.17, 15) is 4.79 Å². The maximum absolute atomic E-state index is 12.7. The van der Waals surface area contributed by atoms with Crippen LogP contribution in [0.3, 0.4) is 0 Å².